The van der Waals surface area contributed by atoms with Gasteiger partial charge in [-0.1, -0.05) is 80.6 Å². The highest BCUT2D eigenvalue weighted by molar-refractivity contribution is 6.01. The number of fused-ring (bicyclic) bond motifs is 4. The molecule has 314 valence electrons. The van der Waals surface area contributed by atoms with E-state index in [1.54, 1.807) is 0 Å². The predicted molar refractivity (Wildman–Crippen MR) is 239 cm³/mol. The van der Waals surface area contributed by atoms with Crippen LogP contribution in [-0.2, 0) is 33.6 Å². The number of nitrogens with zero attached hydrogens (tertiary/aromatic N) is 5. The minimum Gasteiger partial charge on any atom is -0.453 e. The van der Waals surface area contributed by atoms with Crippen LogP contribution in [0.5, 0.6) is 0 Å². The largest absolute Gasteiger partial charge is 0.453 e. The van der Waals surface area contributed by atoms with E-state index in [0.717, 1.165) is 85.5 Å². The maximum Gasteiger partial charge on any atom is 0.407 e. The summed E-state index contributed by atoms with van der Waals surface area (Å²) in [7, 11) is 5.27. The molecule has 11 heteroatoms. The summed E-state index contributed by atoms with van der Waals surface area (Å²) >= 11 is 0. The first-order valence-electron chi connectivity index (χ1n) is 21.8. The van der Waals surface area contributed by atoms with E-state index in [9.17, 15) is 14.4 Å². The first-order chi connectivity index (χ1) is 29.6. The number of aryl methyl sites for hydroxylation is 2. The van der Waals surface area contributed by atoms with Gasteiger partial charge in [-0.25, -0.2) is 9.78 Å². The molecule has 4 atom stereocenters. The first kappa shape index (κ1) is 40.3. The van der Waals surface area contributed by atoms with Gasteiger partial charge in [-0.3, -0.25) is 19.5 Å². The summed E-state index contributed by atoms with van der Waals surface area (Å²) in [5, 5.41) is 2.73. The lowest BCUT2D eigenvalue weighted by Gasteiger charge is -2.32. The van der Waals surface area contributed by atoms with Crippen LogP contribution in [0.25, 0.3) is 33.5 Å². The Labute approximate surface area is 358 Å². The van der Waals surface area contributed by atoms with Gasteiger partial charge in [0.25, 0.3) is 0 Å². The summed E-state index contributed by atoms with van der Waals surface area (Å²) in [6, 6.07) is 29.1. The molecular formula is C50H55N7O4. The number of nitrogens with one attached hydrogen (secondary N) is 2. The molecule has 1 aromatic heterocycles. The Hall–Kier alpha value is -6.07. The number of aromatic nitrogens is 2. The number of methoxy groups -OCH3 is 1. The molecule has 2 N–H and O–H groups in total. The van der Waals surface area contributed by atoms with Crippen molar-refractivity contribution < 1.29 is 19.1 Å². The average Bonchev–Trinajstić information content (AvgIpc) is 4.11. The van der Waals surface area contributed by atoms with Crippen molar-refractivity contribution in [1.29, 1.82) is 0 Å². The molecule has 9 rings (SSSR count). The fourth-order valence-electron chi connectivity index (χ4n) is 10.0. The smallest absolute Gasteiger partial charge is 0.407 e. The molecule has 4 aromatic carbocycles. The highest BCUT2D eigenvalue weighted by atomic mass is 16.5. The fourth-order valence-corrected chi connectivity index (χ4v) is 10.0. The van der Waals surface area contributed by atoms with Gasteiger partial charge in [-0.05, 0) is 127 Å². The second-order valence-corrected chi connectivity index (χ2v) is 17.6. The zero-order chi connectivity index (χ0) is 42.4. The number of aliphatic imine (C=N–C) groups is 1. The predicted octanol–water partition coefficient (Wildman–Crippen LogP) is 8.48. The Morgan fingerprint density at radius 2 is 1.41 bits per heavy atom. The zero-order valence-electron chi connectivity index (χ0n) is 35.8. The molecular weight excluding hydrogens is 763 g/mol. The standard InChI is InChI=1S/C50H55N7O4/c1-30(2)45(54-50(60)61-5)48(58)57-24-10-14-44(57)47-51-29-42(53-47)36-18-21-39-35(27-36)16-15-34-25-32(17-20-38(34)39)33-19-22-40-37(26-33)28-41(52-40)43-13-9-23-56(43)49(59)46(55(3)4)31-11-7-6-8-12-31/h6-8,11-12,17-22,25-27,29-30,43-46H,9-10,13-16,23-24,28H2,1-5H3,(H,51,53)(H,54,60)/t43-,44-,45-,46-/m0/s1. The van der Waals surface area contributed by atoms with Crippen molar-refractivity contribution in [2.45, 2.75) is 83.0 Å². The topological polar surface area (TPSA) is 123 Å². The number of carbonyl (C=O) groups excluding carboxylic acids is 3. The summed E-state index contributed by atoms with van der Waals surface area (Å²) < 4.78 is 4.79. The number of likely N-dealkylation sites (N-methyl/N-ethyl adjacent to an activating group) is 1. The van der Waals surface area contributed by atoms with Gasteiger partial charge in [0, 0.05) is 25.2 Å². The second-order valence-electron chi connectivity index (χ2n) is 17.6. The minimum atomic E-state index is -0.673. The van der Waals surface area contributed by atoms with Gasteiger partial charge in [0.1, 0.15) is 17.9 Å². The molecule has 11 nitrogen and oxygen atoms in total. The number of imidazole rings is 1. The number of alkyl carbamates (subject to hydrolysis) is 1. The summed E-state index contributed by atoms with van der Waals surface area (Å²) in [6.07, 6.45) is 7.51. The number of rotatable bonds is 10. The van der Waals surface area contributed by atoms with Crippen LogP contribution in [0.15, 0.2) is 96.1 Å². The number of likely N-dealkylation sites (tertiary alicyclic amines) is 2. The summed E-state index contributed by atoms with van der Waals surface area (Å²) in [5.41, 5.74) is 13.9. The Morgan fingerprint density at radius 1 is 0.787 bits per heavy atom. The van der Waals surface area contributed by atoms with Crippen molar-refractivity contribution in [3.8, 4) is 33.5 Å². The number of amides is 3. The van der Waals surface area contributed by atoms with Gasteiger partial charge in [-0.2, -0.15) is 0 Å². The third-order valence-electron chi connectivity index (χ3n) is 13.1. The molecule has 0 bridgehead atoms. The minimum absolute atomic E-state index is 0.0170. The molecule has 2 saturated heterocycles. The van der Waals surface area contributed by atoms with Gasteiger partial charge in [0.05, 0.1) is 36.8 Å². The first-order valence-corrected chi connectivity index (χ1v) is 21.8. The van der Waals surface area contributed by atoms with E-state index < -0.39 is 12.1 Å². The van der Waals surface area contributed by atoms with Gasteiger partial charge < -0.3 is 24.8 Å². The molecule has 5 aromatic rings. The Bertz CT molecular complexity index is 2510. The Balaban J connectivity index is 0.884. The molecule has 3 aliphatic heterocycles. The number of aromatic amines is 1. The van der Waals surface area contributed by atoms with Gasteiger partial charge >= 0.3 is 6.09 Å². The van der Waals surface area contributed by atoms with Crippen molar-refractivity contribution in [3.63, 3.8) is 0 Å². The van der Waals surface area contributed by atoms with E-state index in [1.807, 2.05) is 74.3 Å². The lowest BCUT2D eigenvalue weighted by molar-refractivity contribution is -0.136. The SMILES string of the molecule is COC(=O)N[C@H](C(=O)N1CCC[C@H]1c1ncc(-c2ccc3c(c2)CCc2cc(-c4ccc5c(c4)CC([C@@H]4CCCN4C(=O)[C@H](c4ccccc4)N(C)C)=N5)ccc2-3)[nH]1)C(C)C. The quantitative estimate of drug-likeness (QED) is 0.146. The van der Waals surface area contributed by atoms with Crippen molar-refractivity contribution >= 4 is 29.3 Å². The number of ether oxygens (including phenoxy) is 1. The second kappa shape index (κ2) is 16.8. The van der Waals surface area contributed by atoms with Crippen LogP contribution in [0.2, 0.25) is 0 Å². The molecule has 0 saturated carbocycles. The lowest BCUT2D eigenvalue weighted by Crippen LogP contribution is -2.51. The average molecular weight is 818 g/mol. The maximum absolute atomic E-state index is 14.1. The number of benzene rings is 4. The summed E-state index contributed by atoms with van der Waals surface area (Å²) in [5.74, 6) is 0.702. The molecule has 4 heterocycles. The molecule has 4 aliphatic rings. The van der Waals surface area contributed by atoms with E-state index in [-0.39, 0.29) is 35.9 Å². The van der Waals surface area contributed by atoms with E-state index >= 15 is 0 Å². The van der Waals surface area contributed by atoms with Crippen LogP contribution < -0.4 is 5.32 Å². The summed E-state index contributed by atoms with van der Waals surface area (Å²) in [4.78, 5) is 59.1. The Kier molecular flexibility index (Phi) is 11.1. The number of hydrogen-bond acceptors (Lipinski definition) is 7. The van der Waals surface area contributed by atoms with Crippen molar-refractivity contribution in [2.24, 2.45) is 10.9 Å². The number of hydrogen-bond donors (Lipinski definition) is 2. The van der Waals surface area contributed by atoms with Gasteiger partial charge in [0.15, 0.2) is 0 Å². The van der Waals surface area contributed by atoms with Gasteiger partial charge in [-0.15, -0.1) is 0 Å². The highest BCUT2D eigenvalue weighted by Gasteiger charge is 2.39. The molecule has 2 fully saturated rings. The lowest BCUT2D eigenvalue weighted by atomic mass is 9.83. The molecule has 1 aliphatic carbocycles. The maximum atomic E-state index is 14.1. The van der Waals surface area contributed by atoms with Crippen molar-refractivity contribution in [2.75, 3.05) is 34.3 Å². The van der Waals surface area contributed by atoms with Crippen LogP contribution in [0.4, 0.5) is 10.5 Å². The molecule has 3 amide bonds. The Morgan fingerprint density at radius 3 is 2.08 bits per heavy atom. The van der Waals surface area contributed by atoms with E-state index in [0.29, 0.717) is 6.54 Å². The molecule has 0 unspecified atom stereocenters. The van der Waals surface area contributed by atoms with Crippen molar-refractivity contribution in [3.05, 3.63) is 119 Å². The third kappa shape index (κ3) is 7.76. The highest BCUT2D eigenvalue weighted by Crippen LogP contribution is 2.41. The zero-order valence-corrected chi connectivity index (χ0v) is 35.8. The van der Waals surface area contributed by atoms with Crippen LogP contribution in [0.3, 0.4) is 0 Å². The third-order valence-corrected chi connectivity index (χ3v) is 13.1. The van der Waals surface area contributed by atoms with Crippen LogP contribution >= 0.6 is 0 Å². The van der Waals surface area contributed by atoms with Crippen LogP contribution in [0, 0.1) is 5.92 Å². The fraction of sp³-hybridized carbons (Fsp3) is 0.380. The van der Waals surface area contributed by atoms with Gasteiger partial charge in [0.2, 0.25) is 11.8 Å². The van der Waals surface area contributed by atoms with E-state index in [1.165, 1.54) is 46.1 Å². The van der Waals surface area contributed by atoms with E-state index in [2.05, 4.69) is 69.8 Å². The number of carbonyl (C=O) groups is 3. The van der Waals surface area contributed by atoms with E-state index in [4.69, 9.17) is 14.7 Å². The monoisotopic (exact) mass is 817 g/mol. The molecule has 61 heavy (non-hydrogen) atoms. The normalized spacial score (nSPS) is 19.0. The molecule has 0 radical (unpaired) electrons. The van der Waals surface area contributed by atoms with Crippen LogP contribution in [-0.4, -0.2) is 94.7 Å². The molecule has 0 spiro atoms. The summed E-state index contributed by atoms with van der Waals surface area (Å²) in [6.45, 7) is 5.21. The number of H-pyrrole nitrogens is 1. The van der Waals surface area contributed by atoms with Crippen LogP contribution in [0.1, 0.15) is 79.7 Å². The van der Waals surface area contributed by atoms with Crippen molar-refractivity contribution in [1.82, 2.24) is 30.0 Å².